The van der Waals surface area contributed by atoms with Gasteiger partial charge in [0.2, 0.25) is 0 Å². The van der Waals surface area contributed by atoms with Crippen molar-refractivity contribution in [1.82, 2.24) is 0 Å². The summed E-state index contributed by atoms with van der Waals surface area (Å²) in [5.74, 6) is 0. The molecule has 0 heterocycles. The van der Waals surface area contributed by atoms with Crippen molar-refractivity contribution in [3.8, 4) is 0 Å². The van der Waals surface area contributed by atoms with Gasteiger partial charge >= 0.3 is 15.6 Å². The van der Waals surface area contributed by atoms with Crippen LogP contribution in [0.25, 0.3) is 0 Å². The third-order valence-electron chi connectivity index (χ3n) is 0.292. The molecule has 0 saturated heterocycles. The summed E-state index contributed by atoms with van der Waals surface area (Å²) < 4.78 is 57.5. The lowest BCUT2D eigenvalue weighted by Crippen LogP contribution is -2.21. The molecule has 12 heavy (non-hydrogen) atoms. The predicted octanol–water partition coefficient (Wildman–Crippen LogP) is 0.748. The predicted molar refractivity (Wildman–Crippen MR) is 36.9 cm³/mol. The van der Waals surface area contributed by atoms with E-state index in [9.17, 15) is 13.2 Å². The van der Waals surface area contributed by atoms with Gasteiger partial charge in [-0.2, -0.15) is 21.6 Å². The van der Waals surface area contributed by atoms with Crippen molar-refractivity contribution in [3.05, 3.63) is 0 Å². The molecule has 0 aromatic heterocycles. The summed E-state index contributed by atoms with van der Waals surface area (Å²) >= 11 is 0. The highest BCUT2D eigenvalue weighted by Gasteiger charge is 2.44. The van der Waals surface area contributed by atoms with Gasteiger partial charge in [0, 0.05) is 0 Å². The van der Waals surface area contributed by atoms with Crippen LogP contribution in [-0.4, -0.2) is 24.5 Å². The second-order valence-corrected chi connectivity index (χ2v) is 3.58. The van der Waals surface area contributed by atoms with Crippen LogP contribution in [0, 0.1) is 0 Å². The third-order valence-corrected chi connectivity index (χ3v) is 0.877. The fraction of sp³-hybridized carbons (Fsp3) is 1.00. The zero-order valence-electron chi connectivity index (χ0n) is 6.46. The van der Waals surface area contributed by atoms with Crippen molar-refractivity contribution in [2.45, 2.75) is 25.4 Å². The summed E-state index contributed by atoms with van der Waals surface area (Å²) in [5, 5.41) is 0. The van der Waals surface area contributed by atoms with Crippen LogP contribution in [0.1, 0.15) is 13.8 Å². The lowest BCUT2D eigenvalue weighted by atomic mass is 10.5. The first-order chi connectivity index (χ1) is 4.98. The lowest BCUT2D eigenvalue weighted by Gasteiger charge is -1.97. The fourth-order valence-corrected chi connectivity index (χ4v) is 0. The molecular weight excluding hydrogens is 199 g/mol. The largest absolute Gasteiger partial charge is 0.522 e. The van der Waals surface area contributed by atoms with Gasteiger partial charge in [-0.15, -0.1) is 0 Å². The second-order valence-electron chi connectivity index (χ2n) is 2.16. The Balaban J connectivity index is 0. The number of nitrogens with two attached hydrogens (primary N) is 1. The van der Waals surface area contributed by atoms with Crippen LogP contribution in [0.4, 0.5) is 13.2 Å². The van der Waals surface area contributed by atoms with Gasteiger partial charge in [0.05, 0.1) is 0 Å². The molecule has 0 atom stereocenters. The van der Waals surface area contributed by atoms with Crippen LogP contribution in [-0.2, 0) is 10.1 Å². The highest BCUT2D eigenvalue weighted by molar-refractivity contribution is 7.86. The van der Waals surface area contributed by atoms with Crippen molar-refractivity contribution >= 4 is 10.1 Å². The highest BCUT2D eigenvalue weighted by Crippen LogP contribution is 2.20. The van der Waals surface area contributed by atoms with Crippen molar-refractivity contribution in [2.75, 3.05) is 0 Å². The van der Waals surface area contributed by atoms with Crippen LogP contribution in [0.3, 0.4) is 0 Å². The molecule has 8 heteroatoms. The summed E-state index contributed by atoms with van der Waals surface area (Å²) in [6, 6.07) is 0.333. The Bertz CT molecular complexity index is 205. The Hall–Kier alpha value is -0.340. The Kier molecular flexibility index (Phi) is 5.48. The quantitative estimate of drug-likeness (QED) is 0.455. The third kappa shape index (κ3) is 9.66. The second kappa shape index (κ2) is 4.63. The summed E-state index contributed by atoms with van der Waals surface area (Å²) in [7, 11) is -5.84. The number of halogens is 3. The standard InChI is InChI=1S/C3H9N.CHF3O3S/c1-3(2)4;2-1(3,4)8(5,6)7/h3H,4H2,1-2H3;(H,5,6,7). The molecule has 0 rings (SSSR count). The lowest BCUT2D eigenvalue weighted by molar-refractivity contribution is -0.0510. The SMILES string of the molecule is CC(C)N.O=S(=O)(O)C(F)(F)F. The average Bonchev–Trinajstić information content (AvgIpc) is 1.55. The molecule has 0 bridgehead atoms. The molecule has 4 nitrogen and oxygen atoms in total. The van der Waals surface area contributed by atoms with E-state index < -0.39 is 15.6 Å². The Morgan fingerprint density at radius 3 is 1.42 bits per heavy atom. The van der Waals surface area contributed by atoms with E-state index in [2.05, 4.69) is 0 Å². The van der Waals surface area contributed by atoms with Gasteiger partial charge in [-0.1, -0.05) is 13.8 Å². The number of alkyl halides is 3. The molecule has 0 aliphatic heterocycles. The van der Waals surface area contributed by atoms with E-state index in [0.29, 0.717) is 6.04 Å². The minimum absolute atomic E-state index is 0.333. The molecule has 0 saturated carbocycles. The Labute approximate surface area is 68.3 Å². The zero-order chi connectivity index (χ0) is 10.6. The van der Waals surface area contributed by atoms with Gasteiger partial charge in [0.15, 0.2) is 0 Å². The first-order valence-corrected chi connectivity index (χ1v) is 4.22. The fourth-order valence-electron chi connectivity index (χ4n) is 0. The van der Waals surface area contributed by atoms with Gasteiger partial charge < -0.3 is 5.73 Å². The van der Waals surface area contributed by atoms with Crippen molar-refractivity contribution < 1.29 is 26.1 Å². The molecule has 0 amide bonds. The van der Waals surface area contributed by atoms with E-state index in [1.807, 2.05) is 13.8 Å². The summed E-state index contributed by atoms with van der Waals surface area (Å²) in [6.07, 6.45) is 0. The molecule has 0 aliphatic rings. The van der Waals surface area contributed by atoms with E-state index in [1.165, 1.54) is 0 Å². The summed E-state index contributed by atoms with van der Waals surface area (Å²) in [5.41, 5.74) is -0.424. The zero-order valence-corrected chi connectivity index (χ0v) is 7.28. The minimum atomic E-state index is -5.84. The molecule has 76 valence electrons. The monoisotopic (exact) mass is 209 g/mol. The van der Waals surface area contributed by atoms with Crippen LogP contribution in [0.5, 0.6) is 0 Å². The molecule has 0 spiro atoms. The maximum absolute atomic E-state index is 10.7. The minimum Gasteiger partial charge on any atom is -0.328 e. The van der Waals surface area contributed by atoms with E-state index in [-0.39, 0.29) is 0 Å². The molecule has 3 N–H and O–H groups in total. The average molecular weight is 209 g/mol. The number of hydrogen-bond donors (Lipinski definition) is 2. The van der Waals surface area contributed by atoms with Gasteiger partial charge in [0.1, 0.15) is 0 Å². The van der Waals surface area contributed by atoms with Gasteiger partial charge in [0.25, 0.3) is 0 Å². The van der Waals surface area contributed by atoms with E-state index >= 15 is 0 Å². The molecule has 0 unspecified atom stereocenters. The van der Waals surface area contributed by atoms with E-state index in [4.69, 9.17) is 18.7 Å². The van der Waals surface area contributed by atoms with E-state index in [0.717, 1.165) is 0 Å². The molecule has 0 aliphatic carbocycles. The normalized spacial score (nSPS) is 12.3. The van der Waals surface area contributed by atoms with Crippen LogP contribution >= 0.6 is 0 Å². The van der Waals surface area contributed by atoms with E-state index in [1.54, 1.807) is 0 Å². The van der Waals surface area contributed by atoms with Crippen LogP contribution in [0.2, 0.25) is 0 Å². The number of rotatable bonds is 0. The first-order valence-electron chi connectivity index (χ1n) is 2.78. The summed E-state index contributed by atoms with van der Waals surface area (Å²) in [4.78, 5) is 0. The maximum Gasteiger partial charge on any atom is 0.522 e. The molecule has 0 fully saturated rings. The highest BCUT2D eigenvalue weighted by atomic mass is 32.2. The van der Waals surface area contributed by atoms with Crippen LogP contribution in [0.15, 0.2) is 0 Å². The molecular formula is C4H10F3NO3S. The van der Waals surface area contributed by atoms with Gasteiger partial charge in [-0.25, -0.2) is 0 Å². The smallest absolute Gasteiger partial charge is 0.328 e. The van der Waals surface area contributed by atoms with Crippen molar-refractivity contribution in [3.63, 3.8) is 0 Å². The van der Waals surface area contributed by atoms with Crippen molar-refractivity contribution in [1.29, 1.82) is 0 Å². The Morgan fingerprint density at radius 1 is 1.33 bits per heavy atom. The molecule has 0 aromatic carbocycles. The molecule has 0 radical (unpaired) electrons. The Morgan fingerprint density at radius 2 is 1.42 bits per heavy atom. The van der Waals surface area contributed by atoms with Gasteiger partial charge in [-0.05, 0) is 6.04 Å². The van der Waals surface area contributed by atoms with Crippen molar-refractivity contribution in [2.24, 2.45) is 5.73 Å². The number of hydrogen-bond acceptors (Lipinski definition) is 3. The van der Waals surface area contributed by atoms with Crippen LogP contribution < -0.4 is 5.73 Å². The van der Waals surface area contributed by atoms with Gasteiger partial charge in [-0.3, -0.25) is 4.55 Å². The maximum atomic E-state index is 10.7. The topological polar surface area (TPSA) is 80.4 Å². The summed E-state index contributed by atoms with van der Waals surface area (Å²) in [6.45, 7) is 3.89. The molecule has 0 aromatic rings. The first kappa shape index (κ1) is 14.2.